The molecule has 118 valence electrons. The molecule has 1 amide bonds. The minimum atomic E-state index is -4.20. The molecule has 20 heavy (non-hydrogen) atoms. The monoisotopic (exact) mass is 294 g/mol. The molecule has 2 unspecified atom stereocenters. The smallest absolute Gasteiger partial charge is 0.341 e. The van der Waals surface area contributed by atoms with Crippen molar-refractivity contribution in [3.63, 3.8) is 0 Å². The van der Waals surface area contributed by atoms with Gasteiger partial charge in [0.15, 0.2) is 0 Å². The van der Waals surface area contributed by atoms with Gasteiger partial charge in [0.05, 0.1) is 6.54 Å². The fourth-order valence-corrected chi connectivity index (χ4v) is 2.74. The molecule has 1 heterocycles. The van der Waals surface area contributed by atoms with Crippen LogP contribution in [-0.4, -0.2) is 42.7 Å². The first-order chi connectivity index (χ1) is 9.35. The first-order valence-electron chi connectivity index (χ1n) is 7.43. The average molecular weight is 294 g/mol. The number of nitrogens with zero attached hydrogens (tertiary/aromatic N) is 1. The number of likely N-dealkylation sites (tertiary alicyclic amines) is 1. The number of piperidine rings is 1. The van der Waals surface area contributed by atoms with Crippen molar-refractivity contribution in [1.29, 1.82) is 0 Å². The van der Waals surface area contributed by atoms with Gasteiger partial charge in [0, 0.05) is 25.6 Å². The van der Waals surface area contributed by atoms with Gasteiger partial charge in [-0.05, 0) is 18.8 Å². The molecule has 0 saturated carbocycles. The van der Waals surface area contributed by atoms with Crippen LogP contribution in [0.15, 0.2) is 0 Å². The number of amides is 1. The zero-order valence-electron chi connectivity index (χ0n) is 12.3. The standard InChI is InChI=1S/C14H25F3N2O/c1-3-5-6-11-7-12(18-10-14(15,16)17)9-19(8-11)13(20)4-2/h11-12,18H,3-10H2,1-2H3. The van der Waals surface area contributed by atoms with Gasteiger partial charge in [-0.1, -0.05) is 26.7 Å². The molecule has 1 saturated heterocycles. The number of carbonyl (C=O) groups is 1. The van der Waals surface area contributed by atoms with Crippen LogP contribution in [0, 0.1) is 5.92 Å². The third kappa shape index (κ3) is 6.11. The van der Waals surface area contributed by atoms with E-state index in [1.807, 2.05) is 0 Å². The van der Waals surface area contributed by atoms with Crippen molar-refractivity contribution in [3.05, 3.63) is 0 Å². The van der Waals surface area contributed by atoms with Gasteiger partial charge in [-0.25, -0.2) is 0 Å². The van der Waals surface area contributed by atoms with E-state index in [4.69, 9.17) is 0 Å². The average Bonchev–Trinajstić information content (AvgIpc) is 2.41. The van der Waals surface area contributed by atoms with Gasteiger partial charge < -0.3 is 10.2 Å². The van der Waals surface area contributed by atoms with Crippen LogP contribution in [0.1, 0.15) is 46.0 Å². The minimum Gasteiger partial charge on any atom is -0.341 e. The zero-order valence-corrected chi connectivity index (χ0v) is 12.3. The second kappa shape index (κ2) is 7.86. The van der Waals surface area contributed by atoms with Crippen molar-refractivity contribution in [1.82, 2.24) is 10.2 Å². The number of alkyl halides is 3. The summed E-state index contributed by atoms with van der Waals surface area (Å²) in [7, 11) is 0. The quantitative estimate of drug-likeness (QED) is 0.817. The van der Waals surface area contributed by atoms with Crippen LogP contribution in [0.3, 0.4) is 0 Å². The SMILES string of the molecule is CCCCC1CC(NCC(F)(F)F)CN(C(=O)CC)C1. The number of carbonyl (C=O) groups excluding carboxylic acids is 1. The fraction of sp³-hybridized carbons (Fsp3) is 0.929. The minimum absolute atomic E-state index is 0.0324. The van der Waals surface area contributed by atoms with E-state index in [1.165, 1.54) is 0 Å². The summed E-state index contributed by atoms with van der Waals surface area (Å²) in [4.78, 5) is 13.5. The molecule has 1 aliphatic rings. The molecule has 0 aromatic rings. The van der Waals surface area contributed by atoms with Crippen molar-refractivity contribution in [2.75, 3.05) is 19.6 Å². The van der Waals surface area contributed by atoms with E-state index in [1.54, 1.807) is 11.8 Å². The van der Waals surface area contributed by atoms with E-state index < -0.39 is 12.7 Å². The highest BCUT2D eigenvalue weighted by atomic mass is 19.4. The highest BCUT2D eigenvalue weighted by molar-refractivity contribution is 5.76. The Morgan fingerprint density at radius 1 is 1.30 bits per heavy atom. The van der Waals surface area contributed by atoms with Gasteiger partial charge in [0.2, 0.25) is 5.91 Å². The number of rotatable bonds is 6. The lowest BCUT2D eigenvalue weighted by Crippen LogP contribution is -2.52. The summed E-state index contributed by atoms with van der Waals surface area (Å²) in [6.45, 7) is 3.99. The molecular formula is C14H25F3N2O. The maximum atomic E-state index is 12.3. The number of halogens is 3. The van der Waals surface area contributed by atoms with Crippen LogP contribution < -0.4 is 5.32 Å². The lowest BCUT2D eigenvalue weighted by Gasteiger charge is -2.38. The van der Waals surface area contributed by atoms with E-state index in [9.17, 15) is 18.0 Å². The topological polar surface area (TPSA) is 32.3 Å². The third-order valence-corrected chi connectivity index (χ3v) is 3.75. The summed E-state index contributed by atoms with van der Waals surface area (Å²) in [5, 5.41) is 2.56. The molecule has 0 bridgehead atoms. The van der Waals surface area contributed by atoms with E-state index in [0.29, 0.717) is 25.4 Å². The predicted molar refractivity (Wildman–Crippen MR) is 72.3 cm³/mol. The van der Waals surface area contributed by atoms with Crippen molar-refractivity contribution in [2.45, 2.75) is 58.2 Å². The van der Waals surface area contributed by atoms with Gasteiger partial charge in [-0.15, -0.1) is 0 Å². The number of unbranched alkanes of at least 4 members (excludes halogenated alkanes) is 1. The van der Waals surface area contributed by atoms with Gasteiger partial charge in [-0.2, -0.15) is 13.2 Å². The summed E-state index contributed by atoms with van der Waals surface area (Å²) < 4.78 is 36.9. The highest BCUT2D eigenvalue weighted by Crippen LogP contribution is 2.23. The Hall–Kier alpha value is -0.780. The second-order valence-electron chi connectivity index (χ2n) is 5.59. The first kappa shape index (κ1) is 17.3. The number of hydrogen-bond acceptors (Lipinski definition) is 2. The van der Waals surface area contributed by atoms with Gasteiger partial charge in [-0.3, -0.25) is 4.79 Å². The van der Waals surface area contributed by atoms with E-state index >= 15 is 0 Å². The molecule has 2 atom stereocenters. The molecule has 1 N–H and O–H groups in total. The molecule has 3 nitrogen and oxygen atoms in total. The molecular weight excluding hydrogens is 269 g/mol. The van der Waals surface area contributed by atoms with E-state index in [2.05, 4.69) is 12.2 Å². The predicted octanol–water partition coefficient (Wildman–Crippen LogP) is 2.96. The van der Waals surface area contributed by atoms with E-state index in [-0.39, 0.29) is 11.9 Å². The molecule has 0 aromatic carbocycles. The lowest BCUT2D eigenvalue weighted by molar-refractivity contribution is -0.135. The van der Waals surface area contributed by atoms with Crippen LogP contribution in [0.5, 0.6) is 0 Å². The van der Waals surface area contributed by atoms with Crippen LogP contribution in [0.25, 0.3) is 0 Å². The Labute approximate surface area is 118 Å². The summed E-state index contributed by atoms with van der Waals surface area (Å²) in [6, 6.07) is -0.247. The number of hydrogen-bond donors (Lipinski definition) is 1. The first-order valence-corrected chi connectivity index (χ1v) is 7.43. The Kier molecular flexibility index (Phi) is 6.79. The molecule has 0 aliphatic carbocycles. The largest absolute Gasteiger partial charge is 0.401 e. The maximum Gasteiger partial charge on any atom is 0.401 e. The van der Waals surface area contributed by atoms with Crippen LogP contribution >= 0.6 is 0 Å². The Bertz CT molecular complexity index is 307. The summed E-state index contributed by atoms with van der Waals surface area (Å²) in [6.07, 6.45) is 0.0455. The molecule has 0 radical (unpaired) electrons. The van der Waals surface area contributed by atoms with Crippen molar-refractivity contribution < 1.29 is 18.0 Å². The molecule has 0 aromatic heterocycles. The fourth-order valence-electron chi connectivity index (χ4n) is 2.74. The van der Waals surface area contributed by atoms with Gasteiger partial charge in [0.1, 0.15) is 0 Å². The normalized spacial score (nSPS) is 23.9. The maximum absolute atomic E-state index is 12.3. The lowest BCUT2D eigenvalue weighted by atomic mass is 9.89. The Balaban J connectivity index is 2.57. The van der Waals surface area contributed by atoms with Gasteiger partial charge >= 0.3 is 6.18 Å². The molecule has 1 fully saturated rings. The Morgan fingerprint density at radius 3 is 2.55 bits per heavy atom. The second-order valence-corrected chi connectivity index (χ2v) is 5.59. The Morgan fingerprint density at radius 2 is 2.00 bits per heavy atom. The van der Waals surface area contributed by atoms with Crippen LogP contribution in [0.2, 0.25) is 0 Å². The summed E-state index contributed by atoms with van der Waals surface area (Å²) in [5.41, 5.74) is 0. The van der Waals surface area contributed by atoms with Crippen LogP contribution in [-0.2, 0) is 4.79 Å². The van der Waals surface area contributed by atoms with Crippen molar-refractivity contribution >= 4 is 5.91 Å². The van der Waals surface area contributed by atoms with Crippen molar-refractivity contribution in [2.24, 2.45) is 5.92 Å². The van der Waals surface area contributed by atoms with E-state index in [0.717, 1.165) is 25.7 Å². The number of nitrogens with one attached hydrogen (secondary N) is 1. The molecule has 1 aliphatic heterocycles. The molecule has 0 spiro atoms. The van der Waals surface area contributed by atoms with Crippen molar-refractivity contribution in [3.8, 4) is 0 Å². The third-order valence-electron chi connectivity index (χ3n) is 3.75. The highest BCUT2D eigenvalue weighted by Gasteiger charge is 2.32. The van der Waals surface area contributed by atoms with Gasteiger partial charge in [0.25, 0.3) is 0 Å². The summed E-state index contributed by atoms with van der Waals surface area (Å²) in [5.74, 6) is 0.343. The summed E-state index contributed by atoms with van der Waals surface area (Å²) >= 11 is 0. The molecule has 1 rings (SSSR count). The van der Waals surface area contributed by atoms with Crippen LogP contribution in [0.4, 0.5) is 13.2 Å². The zero-order chi connectivity index (χ0) is 15.2. The molecule has 6 heteroatoms.